The van der Waals surface area contributed by atoms with E-state index in [-0.39, 0.29) is 0 Å². The minimum absolute atomic E-state index is 1.15. The molecule has 0 spiro atoms. The van der Waals surface area contributed by atoms with Crippen LogP contribution in [0.2, 0.25) is 0 Å². The Morgan fingerprint density at radius 2 is 0.952 bits per heavy atom. The zero-order chi connectivity index (χ0) is 27.6. The molecular formula is C40H25NS. The van der Waals surface area contributed by atoms with E-state index in [9.17, 15) is 0 Å². The average molecular weight is 552 g/mol. The van der Waals surface area contributed by atoms with Gasteiger partial charge in [-0.15, -0.1) is 11.3 Å². The fourth-order valence-electron chi connectivity index (χ4n) is 6.72. The molecule has 1 aromatic heterocycles. The van der Waals surface area contributed by atoms with Crippen LogP contribution in [0.15, 0.2) is 152 Å². The molecule has 2 heteroatoms. The number of nitrogens with zero attached hydrogens (tertiary/aromatic N) is 1. The first-order valence-corrected chi connectivity index (χ1v) is 15.2. The van der Waals surface area contributed by atoms with Crippen LogP contribution in [0.25, 0.3) is 63.3 Å². The lowest BCUT2D eigenvalue weighted by Crippen LogP contribution is -2.10. The number of benzene rings is 8. The summed E-state index contributed by atoms with van der Waals surface area (Å²) in [5.41, 5.74) is 3.54. The first-order valence-electron chi connectivity index (χ1n) is 14.4. The molecule has 0 unspecified atom stereocenters. The van der Waals surface area contributed by atoms with Crippen molar-refractivity contribution in [3.63, 3.8) is 0 Å². The van der Waals surface area contributed by atoms with E-state index in [1.54, 1.807) is 0 Å². The van der Waals surface area contributed by atoms with Crippen molar-refractivity contribution in [3.8, 4) is 0 Å². The van der Waals surface area contributed by atoms with Gasteiger partial charge in [0, 0.05) is 26.5 Å². The monoisotopic (exact) mass is 551 g/mol. The molecule has 1 heterocycles. The number of thiophene rings is 1. The van der Waals surface area contributed by atoms with Crippen molar-refractivity contribution < 1.29 is 0 Å². The molecule has 9 aromatic rings. The molecule has 0 bridgehead atoms. The molecule has 196 valence electrons. The summed E-state index contributed by atoms with van der Waals surface area (Å²) in [6, 6.07) is 55.4. The van der Waals surface area contributed by atoms with Crippen molar-refractivity contribution in [1.29, 1.82) is 0 Å². The van der Waals surface area contributed by atoms with Crippen LogP contribution in [-0.4, -0.2) is 0 Å². The Balaban J connectivity index is 1.41. The zero-order valence-corrected chi connectivity index (χ0v) is 23.6. The maximum absolute atomic E-state index is 2.47. The van der Waals surface area contributed by atoms with Crippen molar-refractivity contribution in [2.45, 2.75) is 0 Å². The first kappa shape index (κ1) is 23.5. The van der Waals surface area contributed by atoms with Crippen LogP contribution >= 0.6 is 11.3 Å². The molecule has 42 heavy (non-hydrogen) atoms. The normalized spacial score (nSPS) is 11.8. The van der Waals surface area contributed by atoms with Crippen LogP contribution in [0.4, 0.5) is 17.1 Å². The summed E-state index contributed by atoms with van der Waals surface area (Å²) < 4.78 is 2.65. The highest BCUT2D eigenvalue weighted by atomic mass is 32.1. The summed E-state index contributed by atoms with van der Waals surface area (Å²) in [5.74, 6) is 0. The van der Waals surface area contributed by atoms with Crippen molar-refractivity contribution >= 4 is 91.7 Å². The second kappa shape index (κ2) is 9.17. The van der Waals surface area contributed by atoms with Gasteiger partial charge in [-0.1, -0.05) is 127 Å². The molecular weight excluding hydrogens is 527 g/mol. The molecule has 0 atom stereocenters. The predicted molar refractivity (Wildman–Crippen MR) is 184 cm³/mol. The number of hydrogen-bond donors (Lipinski definition) is 0. The Morgan fingerprint density at radius 1 is 0.357 bits per heavy atom. The SMILES string of the molecule is c1ccc(N(c2cc3ccc4ccccc4c3c3ccccc23)c2cccc3c2sc2c4ccccc4ccc32)cc1. The van der Waals surface area contributed by atoms with Gasteiger partial charge in [-0.05, 0) is 62.0 Å². The molecule has 0 aliphatic heterocycles. The predicted octanol–water partition coefficient (Wildman–Crippen LogP) is 12.1. The summed E-state index contributed by atoms with van der Waals surface area (Å²) in [4.78, 5) is 2.47. The number of para-hydroxylation sites is 1. The third-order valence-corrected chi connectivity index (χ3v) is 9.87. The van der Waals surface area contributed by atoms with Crippen LogP contribution in [0.5, 0.6) is 0 Å². The van der Waals surface area contributed by atoms with Gasteiger partial charge < -0.3 is 4.90 Å². The molecule has 0 amide bonds. The van der Waals surface area contributed by atoms with E-state index in [1.165, 1.54) is 74.6 Å². The van der Waals surface area contributed by atoms with Gasteiger partial charge in [0.2, 0.25) is 0 Å². The number of anilines is 3. The van der Waals surface area contributed by atoms with Gasteiger partial charge >= 0.3 is 0 Å². The van der Waals surface area contributed by atoms with Crippen molar-refractivity contribution in [2.75, 3.05) is 4.90 Å². The summed E-state index contributed by atoms with van der Waals surface area (Å²) >= 11 is 1.90. The number of rotatable bonds is 3. The fourth-order valence-corrected chi connectivity index (χ4v) is 8.06. The van der Waals surface area contributed by atoms with Crippen LogP contribution in [-0.2, 0) is 0 Å². The van der Waals surface area contributed by atoms with Gasteiger partial charge in [-0.25, -0.2) is 0 Å². The zero-order valence-electron chi connectivity index (χ0n) is 22.8. The van der Waals surface area contributed by atoms with Crippen molar-refractivity contribution in [3.05, 3.63) is 152 Å². The van der Waals surface area contributed by atoms with E-state index < -0.39 is 0 Å². The summed E-state index contributed by atoms with van der Waals surface area (Å²) in [5, 5.41) is 12.9. The summed E-state index contributed by atoms with van der Waals surface area (Å²) in [6.45, 7) is 0. The van der Waals surface area contributed by atoms with Gasteiger partial charge in [0.15, 0.2) is 0 Å². The second-order valence-corrected chi connectivity index (χ2v) is 11.9. The largest absolute Gasteiger partial charge is 0.308 e. The first-order chi connectivity index (χ1) is 20.8. The molecule has 0 saturated heterocycles. The Bertz CT molecular complexity index is 2470. The molecule has 9 rings (SSSR count). The van der Waals surface area contributed by atoms with E-state index in [1.807, 2.05) is 11.3 Å². The highest BCUT2D eigenvalue weighted by Crippen LogP contribution is 2.49. The smallest absolute Gasteiger partial charge is 0.0640 e. The molecule has 8 aromatic carbocycles. The number of hydrogen-bond acceptors (Lipinski definition) is 2. The molecule has 0 aliphatic rings. The lowest BCUT2D eigenvalue weighted by Gasteiger charge is -2.28. The molecule has 0 saturated carbocycles. The third-order valence-electron chi connectivity index (χ3n) is 8.59. The van der Waals surface area contributed by atoms with Gasteiger partial charge in [-0.2, -0.15) is 0 Å². The third kappa shape index (κ3) is 3.43. The Morgan fingerprint density at radius 3 is 1.79 bits per heavy atom. The van der Waals surface area contributed by atoms with Crippen LogP contribution < -0.4 is 4.90 Å². The maximum atomic E-state index is 2.47. The minimum atomic E-state index is 1.15. The topological polar surface area (TPSA) is 3.24 Å². The summed E-state index contributed by atoms with van der Waals surface area (Å²) in [6.07, 6.45) is 0. The van der Waals surface area contributed by atoms with Gasteiger partial charge in [0.25, 0.3) is 0 Å². The number of fused-ring (bicyclic) bond motifs is 10. The lowest BCUT2D eigenvalue weighted by atomic mass is 9.94. The highest BCUT2D eigenvalue weighted by Gasteiger charge is 2.21. The van der Waals surface area contributed by atoms with Crippen molar-refractivity contribution in [2.24, 2.45) is 0 Å². The summed E-state index contributed by atoms with van der Waals surface area (Å²) in [7, 11) is 0. The Hall–Kier alpha value is -5.18. The standard InChI is InChI=1S/C40H25NS/c1-2-13-29(14-3-1)41(36-20-10-19-34-35-24-23-27-12-5-7-16-31(27)39(35)42-40(34)36)37-25-28-22-21-26-11-4-6-15-30(26)38(28)33-18-9-8-17-32(33)37/h1-25H. The van der Waals surface area contributed by atoms with E-state index in [0.717, 1.165) is 5.69 Å². The maximum Gasteiger partial charge on any atom is 0.0640 e. The molecule has 0 N–H and O–H groups in total. The van der Waals surface area contributed by atoms with Crippen LogP contribution in [0, 0.1) is 0 Å². The van der Waals surface area contributed by atoms with Gasteiger partial charge in [-0.3, -0.25) is 0 Å². The second-order valence-electron chi connectivity index (χ2n) is 10.9. The highest BCUT2D eigenvalue weighted by molar-refractivity contribution is 7.27. The van der Waals surface area contributed by atoms with E-state index >= 15 is 0 Å². The Labute approximate surface area is 247 Å². The minimum Gasteiger partial charge on any atom is -0.308 e. The molecule has 1 nitrogen and oxygen atoms in total. The van der Waals surface area contributed by atoms with Crippen LogP contribution in [0.1, 0.15) is 0 Å². The van der Waals surface area contributed by atoms with E-state index in [4.69, 9.17) is 0 Å². The Kier molecular flexibility index (Phi) is 5.13. The average Bonchev–Trinajstić information content (AvgIpc) is 3.45. The van der Waals surface area contributed by atoms with Crippen LogP contribution in [0.3, 0.4) is 0 Å². The molecule has 0 fully saturated rings. The quantitative estimate of drug-likeness (QED) is 0.197. The van der Waals surface area contributed by atoms with Gasteiger partial charge in [0.1, 0.15) is 0 Å². The van der Waals surface area contributed by atoms with Gasteiger partial charge in [0.05, 0.1) is 16.1 Å². The molecule has 0 radical (unpaired) electrons. The lowest BCUT2D eigenvalue weighted by molar-refractivity contribution is 1.32. The fraction of sp³-hybridized carbons (Fsp3) is 0. The molecule has 0 aliphatic carbocycles. The van der Waals surface area contributed by atoms with Crippen molar-refractivity contribution in [1.82, 2.24) is 0 Å². The van der Waals surface area contributed by atoms with E-state index in [0.29, 0.717) is 0 Å². The van der Waals surface area contributed by atoms with E-state index in [2.05, 4.69) is 157 Å².